The predicted octanol–water partition coefficient (Wildman–Crippen LogP) is 6.87. The van der Waals surface area contributed by atoms with Gasteiger partial charge in [-0.15, -0.1) is 0 Å². The summed E-state index contributed by atoms with van der Waals surface area (Å²) in [5.74, 6) is -0.00666. The van der Waals surface area contributed by atoms with Crippen LogP contribution in [0.3, 0.4) is 0 Å². The summed E-state index contributed by atoms with van der Waals surface area (Å²) in [6.45, 7) is 4.46. The van der Waals surface area contributed by atoms with Crippen molar-refractivity contribution in [3.05, 3.63) is 125 Å². The van der Waals surface area contributed by atoms with Crippen molar-refractivity contribution in [2.75, 3.05) is 6.61 Å². The van der Waals surface area contributed by atoms with Crippen LogP contribution in [0.2, 0.25) is 0 Å². The maximum absolute atomic E-state index is 12.9. The Balaban J connectivity index is 1.12. The summed E-state index contributed by atoms with van der Waals surface area (Å²) < 4.78 is 17.0. The van der Waals surface area contributed by atoms with Crippen LogP contribution in [-0.2, 0) is 27.5 Å². The van der Waals surface area contributed by atoms with Gasteiger partial charge in [-0.25, -0.2) is 9.59 Å². The number of fused-ring (bicyclic) bond motifs is 3. The van der Waals surface area contributed by atoms with Crippen molar-refractivity contribution in [1.82, 2.24) is 5.32 Å². The van der Waals surface area contributed by atoms with E-state index in [0.29, 0.717) is 6.61 Å². The van der Waals surface area contributed by atoms with Crippen LogP contribution in [0.15, 0.2) is 103 Å². The fourth-order valence-electron chi connectivity index (χ4n) is 4.93. The number of hydrogen-bond acceptors (Lipinski definition) is 5. The van der Waals surface area contributed by atoms with Crippen molar-refractivity contribution in [1.29, 1.82) is 0 Å². The Hall–Kier alpha value is -4.58. The molecule has 1 atom stereocenters. The Kier molecular flexibility index (Phi) is 8.45. The molecule has 0 unspecified atom stereocenters. The van der Waals surface area contributed by atoms with Gasteiger partial charge in [-0.05, 0) is 51.4 Å². The minimum absolute atomic E-state index is 0.0535. The zero-order valence-electron chi connectivity index (χ0n) is 22.7. The SMILES string of the molecule is CC(C)[C@H](NC(=O)OCC1c2ccccc2-c2ccccc21)C(=O)OCc1ccc(OCc2ccccc2)cc1. The maximum Gasteiger partial charge on any atom is 0.407 e. The second kappa shape index (κ2) is 12.5. The van der Waals surface area contributed by atoms with E-state index in [0.717, 1.165) is 39.1 Å². The van der Waals surface area contributed by atoms with E-state index in [-0.39, 0.29) is 25.0 Å². The Morgan fingerprint density at radius 1 is 0.700 bits per heavy atom. The van der Waals surface area contributed by atoms with Gasteiger partial charge in [0, 0.05) is 5.92 Å². The van der Waals surface area contributed by atoms with Crippen LogP contribution in [0.1, 0.15) is 42.0 Å². The molecule has 0 saturated carbocycles. The van der Waals surface area contributed by atoms with Gasteiger partial charge < -0.3 is 19.5 Å². The van der Waals surface area contributed by atoms with Crippen LogP contribution in [0, 0.1) is 5.92 Å². The molecule has 0 aliphatic heterocycles. The van der Waals surface area contributed by atoms with Gasteiger partial charge in [0.05, 0.1) is 0 Å². The van der Waals surface area contributed by atoms with E-state index in [2.05, 4.69) is 29.6 Å². The number of nitrogens with one attached hydrogen (secondary N) is 1. The molecule has 6 nitrogen and oxygen atoms in total. The summed E-state index contributed by atoms with van der Waals surface area (Å²) in [6, 6.07) is 32.8. The first-order chi connectivity index (χ1) is 19.5. The second-order valence-corrected chi connectivity index (χ2v) is 10.2. The molecule has 0 spiro atoms. The summed E-state index contributed by atoms with van der Waals surface area (Å²) in [6.07, 6.45) is -0.641. The van der Waals surface area contributed by atoms with Crippen molar-refractivity contribution < 1.29 is 23.8 Å². The molecule has 204 valence electrons. The van der Waals surface area contributed by atoms with Crippen LogP contribution in [0.4, 0.5) is 4.79 Å². The first kappa shape index (κ1) is 27.0. The predicted molar refractivity (Wildman–Crippen MR) is 154 cm³/mol. The summed E-state index contributed by atoms with van der Waals surface area (Å²) in [5, 5.41) is 2.71. The topological polar surface area (TPSA) is 73.9 Å². The minimum Gasteiger partial charge on any atom is -0.489 e. The number of esters is 1. The van der Waals surface area contributed by atoms with Crippen LogP contribution in [-0.4, -0.2) is 24.7 Å². The molecule has 40 heavy (non-hydrogen) atoms. The quantitative estimate of drug-likeness (QED) is 0.224. The highest BCUT2D eigenvalue weighted by atomic mass is 16.6. The molecule has 0 aromatic heterocycles. The number of ether oxygens (including phenoxy) is 3. The van der Waals surface area contributed by atoms with E-state index in [1.165, 1.54) is 0 Å². The van der Waals surface area contributed by atoms with Gasteiger partial charge in [0.25, 0.3) is 0 Å². The third-order valence-electron chi connectivity index (χ3n) is 7.09. The lowest BCUT2D eigenvalue weighted by Gasteiger charge is -2.21. The fourth-order valence-corrected chi connectivity index (χ4v) is 4.93. The monoisotopic (exact) mass is 535 g/mol. The molecule has 1 amide bonds. The fraction of sp³-hybridized carbons (Fsp3) is 0.235. The molecule has 4 aromatic rings. The molecule has 4 aromatic carbocycles. The Labute approximate surface area is 234 Å². The molecule has 1 N–H and O–H groups in total. The van der Waals surface area contributed by atoms with Gasteiger partial charge in [0.15, 0.2) is 0 Å². The Bertz CT molecular complexity index is 1400. The van der Waals surface area contributed by atoms with Crippen LogP contribution in [0.25, 0.3) is 11.1 Å². The van der Waals surface area contributed by atoms with E-state index in [1.54, 1.807) is 0 Å². The number of hydrogen-bond donors (Lipinski definition) is 1. The molecule has 0 heterocycles. The molecule has 0 radical (unpaired) electrons. The Morgan fingerprint density at radius 2 is 1.27 bits per heavy atom. The first-order valence-corrected chi connectivity index (χ1v) is 13.5. The van der Waals surface area contributed by atoms with Gasteiger partial charge in [0.2, 0.25) is 0 Å². The molecule has 0 saturated heterocycles. The molecule has 6 heteroatoms. The molecular weight excluding hydrogens is 502 g/mol. The number of amides is 1. The van der Waals surface area contributed by atoms with Crippen LogP contribution >= 0.6 is 0 Å². The molecular formula is C34H33NO5. The molecule has 1 aliphatic rings. The summed E-state index contributed by atoms with van der Waals surface area (Å²) in [7, 11) is 0. The lowest BCUT2D eigenvalue weighted by atomic mass is 9.98. The van der Waals surface area contributed by atoms with E-state index in [9.17, 15) is 9.59 Å². The molecule has 5 rings (SSSR count). The summed E-state index contributed by atoms with van der Waals surface area (Å²) in [5.41, 5.74) is 6.49. The number of carbonyl (C=O) groups is 2. The van der Waals surface area contributed by atoms with Crippen LogP contribution in [0.5, 0.6) is 5.75 Å². The average molecular weight is 536 g/mol. The molecule has 0 bridgehead atoms. The normalized spacial score (nSPS) is 12.8. The van der Waals surface area contributed by atoms with E-state index >= 15 is 0 Å². The average Bonchev–Trinajstić information content (AvgIpc) is 3.31. The van der Waals surface area contributed by atoms with Crippen molar-refractivity contribution in [3.8, 4) is 16.9 Å². The standard InChI is InChI=1S/C34H33NO5/c1-23(2)32(33(36)39-21-25-16-18-26(19-17-25)38-20-24-10-4-3-5-11-24)35-34(37)40-22-31-29-14-8-6-12-27(29)28-13-7-9-15-30(28)31/h3-19,23,31-32H,20-22H2,1-2H3,(H,35,37)/t32-/m0/s1. The first-order valence-electron chi connectivity index (χ1n) is 13.5. The maximum atomic E-state index is 12.9. The summed E-state index contributed by atoms with van der Waals surface area (Å²) >= 11 is 0. The van der Waals surface area contributed by atoms with Crippen molar-refractivity contribution in [2.24, 2.45) is 5.92 Å². The zero-order chi connectivity index (χ0) is 27.9. The number of rotatable bonds is 10. The zero-order valence-corrected chi connectivity index (χ0v) is 22.7. The molecule has 1 aliphatic carbocycles. The van der Waals surface area contributed by atoms with Gasteiger partial charge in [-0.2, -0.15) is 0 Å². The lowest BCUT2D eigenvalue weighted by Crippen LogP contribution is -2.45. The van der Waals surface area contributed by atoms with E-state index in [1.807, 2.05) is 92.7 Å². The van der Waals surface area contributed by atoms with E-state index in [4.69, 9.17) is 14.2 Å². The highest BCUT2D eigenvalue weighted by Crippen LogP contribution is 2.44. The van der Waals surface area contributed by atoms with Crippen molar-refractivity contribution >= 4 is 12.1 Å². The van der Waals surface area contributed by atoms with Gasteiger partial charge in [0.1, 0.15) is 31.6 Å². The third-order valence-corrected chi connectivity index (χ3v) is 7.09. The largest absolute Gasteiger partial charge is 0.489 e. The van der Waals surface area contributed by atoms with E-state index < -0.39 is 18.1 Å². The highest BCUT2D eigenvalue weighted by molar-refractivity contribution is 5.82. The Morgan fingerprint density at radius 3 is 1.90 bits per heavy atom. The second-order valence-electron chi connectivity index (χ2n) is 10.2. The summed E-state index contributed by atoms with van der Waals surface area (Å²) in [4.78, 5) is 25.7. The number of carbonyl (C=O) groups excluding carboxylic acids is 2. The van der Waals surface area contributed by atoms with Crippen LogP contribution < -0.4 is 10.1 Å². The van der Waals surface area contributed by atoms with Crippen molar-refractivity contribution in [3.63, 3.8) is 0 Å². The highest BCUT2D eigenvalue weighted by Gasteiger charge is 2.30. The van der Waals surface area contributed by atoms with Gasteiger partial charge in [-0.1, -0.05) is 105 Å². The molecule has 0 fully saturated rings. The number of benzene rings is 4. The third kappa shape index (κ3) is 6.34. The van der Waals surface area contributed by atoms with Crippen molar-refractivity contribution in [2.45, 2.75) is 39.0 Å². The number of alkyl carbamates (subject to hydrolysis) is 1. The lowest BCUT2D eigenvalue weighted by molar-refractivity contribution is -0.148. The van der Waals surface area contributed by atoms with Gasteiger partial charge in [-0.3, -0.25) is 0 Å². The minimum atomic E-state index is -0.830. The smallest absolute Gasteiger partial charge is 0.407 e. The van der Waals surface area contributed by atoms with Gasteiger partial charge >= 0.3 is 12.1 Å².